The van der Waals surface area contributed by atoms with E-state index in [1.807, 2.05) is 10.7 Å². The van der Waals surface area contributed by atoms with E-state index in [1.54, 1.807) is 18.9 Å². The largest absolute Gasteiger partial charge is 0.364 e. The van der Waals surface area contributed by atoms with Crippen LogP contribution in [0.3, 0.4) is 0 Å². The molecule has 3 aromatic rings. The van der Waals surface area contributed by atoms with Crippen molar-refractivity contribution in [3.63, 3.8) is 0 Å². The van der Waals surface area contributed by atoms with E-state index < -0.39 is 0 Å². The van der Waals surface area contributed by atoms with Gasteiger partial charge in [-0.3, -0.25) is 4.90 Å². The third kappa shape index (κ3) is 6.76. The first-order valence-corrected chi connectivity index (χ1v) is 10.4. The molecule has 1 aromatic carbocycles. The standard InChI is InChI=1S/C21H28N8O.HI/c1-2-23-21(28-9-7-27(8-10-28)15-20-6-11-30-26-20)24-13-18-4-3-5-19(12-18)14-29-17-22-16-25-29;/h3-6,11-12,16-17H,2,7-10,13-15H2,1H3,(H,23,24);1H. The molecule has 1 aliphatic rings. The van der Waals surface area contributed by atoms with Crippen LogP contribution in [0, 0.1) is 0 Å². The average molecular weight is 536 g/mol. The Morgan fingerprint density at radius 1 is 1.13 bits per heavy atom. The number of benzene rings is 1. The van der Waals surface area contributed by atoms with Gasteiger partial charge in [0.2, 0.25) is 0 Å². The van der Waals surface area contributed by atoms with Gasteiger partial charge in [0.1, 0.15) is 18.9 Å². The lowest BCUT2D eigenvalue weighted by Gasteiger charge is -2.36. The Balaban J connectivity index is 0.00000272. The Labute approximate surface area is 199 Å². The summed E-state index contributed by atoms with van der Waals surface area (Å²) in [5.74, 6) is 0.972. The van der Waals surface area contributed by atoms with Crippen molar-refractivity contribution in [1.29, 1.82) is 0 Å². The van der Waals surface area contributed by atoms with Gasteiger partial charge in [-0.05, 0) is 18.1 Å². The second-order valence-electron chi connectivity index (χ2n) is 7.34. The molecule has 10 heteroatoms. The summed E-state index contributed by atoms with van der Waals surface area (Å²) in [6.45, 7) is 8.98. The van der Waals surface area contributed by atoms with Crippen LogP contribution < -0.4 is 5.32 Å². The van der Waals surface area contributed by atoms with Gasteiger partial charge in [0, 0.05) is 45.3 Å². The number of guanidine groups is 1. The molecule has 1 fully saturated rings. The normalized spacial score (nSPS) is 15.0. The van der Waals surface area contributed by atoms with Crippen LogP contribution in [0.15, 0.2) is 58.8 Å². The Kier molecular flexibility index (Phi) is 8.83. The maximum atomic E-state index is 4.93. The van der Waals surface area contributed by atoms with Crippen LogP contribution in [0.25, 0.3) is 0 Å². The summed E-state index contributed by atoms with van der Waals surface area (Å²) in [6.07, 6.45) is 4.92. The van der Waals surface area contributed by atoms with E-state index >= 15 is 0 Å². The van der Waals surface area contributed by atoms with Gasteiger partial charge < -0.3 is 14.7 Å². The molecule has 0 bridgehead atoms. The van der Waals surface area contributed by atoms with E-state index in [0.29, 0.717) is 13.1 Å². The van der Waals surface area contributed by atoms with E-state index in [9.17, 15) is 0 Å². The highest BCUT2D eigenvalue weighted by atomic mass is 127. The van der Waals surface area contributed by atoms with Crippen molar-refractivity contribution in [2.45, 2.75) is 26.6 Å². The van der Waals surface area contributed by atoms with E-state index in [-0.39, 0.29) is 24.0 Å². The first kappa shape index (κ1) is 23.2. The third-order valence-corrected chi connectivity index (χ3v) is 5.10. The van der Waals surface area contributed by atoms with Gasteiger partial charge in [-0.25, -0.2) is 14.7 Å². The predicted molar refractivity (Wildman–Crippen MR) is 129 cm³/mol. The first-order valence-electron chi connectivity index (χ1n) is 10.4. The van der Waals surface area contributed by atoms with Crippen LogP contribution in [0.1, 0.15) is 23.7 Å². The van der Waals surface area contributed by atoms with Crippen LogP contribution in [0.4, 0.5) is 0 Å². The molecule has 0 radical (unpaired) electrons. The van der Waals surface area contributed by atoms with Crippen molar-refractivity contribution >= 4 is 29.9 Å². The second kappa shape index (κ2) is 11.8. The molecular formula is C21H29IN8O. The quantitative estimate of drug-likeness (QED) is 0.282. The molecule has 31 heavy (non-hydrogen) atoms. The van der Waals surface area contributed by atoms with Gasteiger partial charge in [0.05, 0.1) is 18.8 Å². The van der Waals surface area contributed by atoms with Crippen molar-refractivity contribution in [2.75, 3.05) is 32.7 Å². The lowest BCUT2D eigenvalue weighted by molar-refractivity contribution is 0.169. The van der Waals surface area contributed by atoms with Gasteiger partial charge >= 0.3 is 0 Å². The van der Waals surface area contributed by atoms with Gasteiger partial charge in [-0.15, -0.1) is 24.0 Å². The van der Waals surface area contributed by atoms with E-state index in [0.717, 1.165) is 50.9 Å². The summed E-state index contributed by atoms with van der Waals surface area (Å²) in [6, 6.07) is 10.4. The fourth-order valence-corrected chi connectivity index (χ4v) is 3.59. The lowest BCUT2D eigenvalue weighted by atomic mass is 10.1. The fraction of sp³-hybridized carbons (Fsp3) is 0.429. The number of nitrogens with zero attached hydrogens (tertiary/aromatic N) is 7. The van der Waals surface area contributed by atoms with Crippen molar-refractivity contribution in [2.24, 2.45) is 4.99 Å². The molecule has 1 saturated heterocycles. The Hall–Kier alpha value is -2.47. The number of aliphatic imine (C=N–C) groups is 1. The number of hydrogen-bond acceptors (Lipinski definition) is 6. The number of hydrogen-bond donors (Lipinski definition) is 1. The molecule has 3 heterocycles. The lowest BCUT2D eigenvalue weighted by Crippen LogP contribution is -2.52. The average Bonchev–Trinajstić information content (AvgIpc) is 3.47. The van der Waals surface area contributed by atoms with Crippen molar-refractivity contribution in [3.05, 3.63) is 66.1 Å². The maximum Gasteiger partial charge on any atom is 0.194 e. The summed E-state index contributed by atoms with van der Waals surface area (Å²) in [5, 5.41) is 11.6. The molecule has 1 N–H and O–H groups in total. The summed E-state index contributed by atoms with van der Waals surface area (Å²) >= 11 is 0. The number of halogens is 1. The highest BCUT2D eigenvalue weighted by molar-refractivity contribution is 14.0. The summed E-state index contributed by atoms with van der Waals surface area (Å²) in [7, 11) is 0. The summed E-state index contributed by atoms with van der Waals surface area (Å²) < 4.78 is 6.76. The molecule has 4 rings (SSSR count). The zero-order valence-electron chi connectivity index (χ0n) is 17.7. The molecule has 0 amide bonds. The van der Waals surface area contributed by atoms with E-state index in [4.69, 9.17) is 9.52 Å². The zero-order valence-corrected chi connectivity index (χ0v) is 20.1. The van der Waals surface area contributed by atoms with Crippen molar-refractivity contribution in [1.82, 2.24) is 35.0 Å². The fourth-order valence-electron chi connectivity index (χ4n) is 3.59. The summed E-state index contributed by atoms with van der Waals surface area (Å²) in [5.41, 5.74) is 3.36. The molecule has 0 spiro atoms. The zero-order chi connectivity index (χ0) is 20.6. The number of piperazine rings is 1. The molecule has 0 aliphatic carbocycles. The highest BCUT2D eigenvalue weighted by Crippen LogP contribution is 2.10. The maximum absolute atomic E-state index is 4.93. The highest BCUT2D eigenvalue weighted by Gasteiger charge is 2.20. The topological polar surface area (TPSA) is 87.6 Å². The third-order valence-electron chi connectivity index (χ3n) is 5.10. The minimum atomic E-state index is 0. The monoisotopic (exact) mass is 536 g/mol. The van der Waals surface area contributed by atoms with Crippen LogP contribution in [-0.2, 0) is 19.6 Å². The van der Waals surface area contributed by atoms with E-state index in [2.05, 4.69) is 61.5 Å². The molecule has 0 unspecified atom stereocenters. The number of aromatic nitrogens is 4. The predicted octanol–water partition coefficient (Wildman–Crippen LogP) is 2.22. The van der Waals surface area contributed by atoms with Crippen LogP contribution in [0.2, 0.25) is 0 Å². The minimum Gasteiger partial charge on any atom is -0.364 e. The first-order chi connectivity index (χ1) is 14.8. The van der Waals surface area contributed by atoms with Crippen molar-refractivity contribution < 1.29 is 4.52 Å². The molecule has 0 saturated carbocycles. The van der Waals surface area contributed by atoms with Gasteiger partial charge in [-0.1, -0.05) is 29.4 Å². The molecule has 166 valence electrons. The van der Waals surface area contributed by atoms with E-state index in [1.165, 1.54) is 11.1 Å². The number of nitrogens with one attached hydrogen (secondary N) is 1. The Morgan fingerprint density at radius 3 is 2.68 bits per heavy atom. The number of rotatable bonds is 7. The molecule has 0 atom stereocenters. The van der Waals surface area contributed by atoms with Crippen molar-refractivity contribution in [3.8, 4) is 0 Å². The molecule has 1 aliphatic heterocycles. The van der Waals surface area contributed by atoms with Crippen LogP contribution in [-0.4, -0.2) is 68.4 Å². The molecule has 2 aromatic heterocycles. The van der Waals surface area contributed by atoms with Crippen LogP contribution in [0.5, 0.6) is 0 Å². The Bertz CT molecular complexity index is 921. The van der Waals surface area contributed by atoms with Gasteiger partial charge in [0.15, 0.2) is 5.96 Å². The molecule has 9 nitrogen and oxygen atoms in total. The molecular weight excluding hydrogens is 507 g/mol. The second-order valence-corrected chi connectivity index (χ2v) is 7.34. The smallest absolute Gasteiger partial charge is 0.194 e. The van der Waals surface area contributed by atoms with Crippen LogP contribution >= 0.6 is 24.0 Å². The van der Waals surface area contributed by atoms with Gasteiger partial charge in [0.25, 0.3) is 0 Å². The minimum absolute atomic E-state index is 0. The SMILES string of the molecule is CCNC(=NCc1cccc(Cn2cncn2)c1)N1CCN(Cc2ccon2)CC1.I. The Morgan fingerprint density at radius 2 is 1.97 bits per heavy atom. The van der Waals surface area contributed by atoms with Gasteiger partial charge in [-0.2, -0.15) is 5.10 Å². The summed E-state index contributed by atoms with van der Waals surface area (Å²) in [4.78, 5) is 13.6.